The van der Waals surface area contributed by atoms with E-state index in [0.29, 0.717) is 12.1 Å². The maximum atomic E-state index is 12.7. The van der Waals surface area contributed by atoms with E-state index in [1.165, 1.54) is 5.56 Å². The molecule has 4 heteroatoms. The molecule has 0 atom stereocenters. The van der Waals surface area contributed by atoms with Crippen molar-refractivity contribution in [2.24, 2.45) is 0 Å². The molecule has 0 spiro atoms. The number of hydrogen-bond acceptors (Lipinski definition) is 3. The number of para-hydroxylation sites is 1. The largest absolute Gasteiger partial charge is 0.380 e. The minimum absolute atomic E-state index is 0.119. The Bertz CT molecular complexity index is 845. The van der Waals surface area contributed by atoms with E-state index in [1.807, 2.05) is 48.5 Å². The molecule has 1 aromatic heterocycles. The molecule has 0 aliphatic heterocycles. The molecule has 0 unspecified atom stereocenters. The van der Waals surface area contributed by atoms with Gasteiger partial charge in [-0.15, -0.1) is 0 Å². The van der Waals surface area contributed by atoms with E-state index in [0.717, 1.165) is 29.8 Å². The summed E-state index contributed by atoms with van der Waals surface area (Å²) in [5.74, 6) is -0.119. The zero-order chi connectivity index (χ0) is 18.2. The van der Waals surface area contributed by atoms with Crippen LogP contribution in [-0.2, 0) is 13.0 Å². The molecular weight excluding hydrogens is 322 g/mol. The number of rotatable bonds is 7. The van der Waals surface area contributed by atoms with Crippen LogP contribution in [-0.4, -0.2) is 10.9 Å². The van der Waals surface area contributed by atoms with Crippen LogP contribution in [0.25, 0.3) is 0 Å². The zero-order valence-electron chi connectivity index (χ0n) is 14.9. The van der Waals surface area contributed by atoms with Crippen LogP contribution in [0, 0.1) is 0 Å². The third kappa shape index (κ3) is 4.70. The topological polar surface area (TPSA) is 54.0 Å². The van der Waals surface area contributed by atoms with Crippen molar-refractivity contribution < 1.29 is 4.79 Å². The van der Waals surface area contributed by atoms with Crippen molar-refractivity contribution in [3.8, 4) is 0 Å². The summed E-state index contributed by atoms with van der Waals surface area (Å²) in [6.45, 7) is 2.80. The van der Waals surface area contributed by atoms with E-state index in [-0.39, 0.29) is 5.91 Å². The van der Waals surface area contributed by atoms with Crippen molar-refractivity contribution in [2.75, 3.05) is 10.6 Å². The molecule has 0 saturated heterocycles. The van der Waals surface area contributed by atoms with Crippen molar-refractivity contribution in [3.05, 3.63) is 89.7 Å². The number of carbonyl (C=O) groups is 1. The first-order chi connectivity index (χ1) is 12.8. The number of nitrogens with one attached hydrogen (secondary N) is 2. The molecule has 2 N–H and O–H groups in total. The molecule has 0 saturated carbocycles. The number of carbonyl (C=O) groups excluding carboxylic acids is 1. The van der Waals surface area contributed by atoms with Crippen LogP contribution >= 0.6 is 0 Å². The van der Waals surface area contributed by atoms with Gasteiger partial charge in [-0.05, 0) is 53.9 Å². The van der Waals surface area contributed by atoms with Gasteiger partial charge in [0.05, 0.1) is 5.56 Å². The minimum Gasteiger partial charge on any atom is -0.380 e. The lowest BCUT2D eigenvalue weighted by Gasteiger charge is -2.12. The van der Waals surface area contributed by atoms with Gasteiger partial charge in [-0.3, -0.25) is 9.78 Å². The molecule has 4 nitrogen and oxygen atoms in total. The van der Waals surface area contributed by atoms with Crippen LogP contribution in [0.1, 0.15) is 34.8 Å². The lowest BCUT2D eigenvalue weighted by Crippen LogP contribution is -2.14. The first kappa shape index (κ1) is 17.7. The molecule has 132 valence electrons. The predicted octanol–water partition coefficient (Wildman–Crippen LogP) is 4.90. The highest BCUT2D eigenvalue weighted by Gasteiger charge is 2.11. The molecule has 1 amide bonds. The molecule has 0 aliphatic carbocycles. The highest BCUT2D eigenvalue weighted by molar-refractivity contribution is 6.08. The van der Waals surface area contributed by atoms with E-state index in [9.17, 15) is 4.79 Å². The number of benzene rings is 2. The minimum atomic E-state index is -0.119. The summed E-state index contributed by atoms with van der Waals surface area (Å²) < 4.78 is 0. The van der Waals surface area contributed by atoms with Crippen LogP contribution < -0.4 is 10.6 Å². The predicted molar refractivity (Wildman–Crippen MR) is 106 cm³/mol. The number of anilines is 2. The summed E-state index contributed by atoms with van der Waals surface area (Å²) in [6, 6.07) is 19.5. The summed E-state index contributed by atoms with van der Waals surface area (Å²) in [5, 5.41) is 6.31. The Morgan fingerprint density at radius 1 is 0.923 bits per heavy atom. The first-order valence-corrected chi connectivity index (χ1v) is 8.88. The van der Waals surface area contributed by atoms with Crippen molar-refractivity contribution in [3.63, 3.8) is 0 Å². The fourth-order valence-corrected chi connectivity index (χ4v) is 2.78. The van der Waals surface area contributed by atoms with E-state index in [1.54, 1.807) is 12.4 Å². The van der Waals surface area contributed by atoms with Gasteiger partial charge in [-0.25, -0.2) is 0 Å². The summed E-state index contributed by atoms with van der Waals surface area (Å²) in [5.41, 5.74) is 4.63. The Morgan fingerprint density at radius 3 is 2.38 bits per heavy atom. The smallest absolute Gasteiger partial charge is 0.257 e. The van der Waals surface area contributed by atoms with Gasteiger partial charge < -0.3 is 10.6 Å². The third-order valence-electron chi connectivity index (χ3n) is 4.15. The normalized spacial score (nSPS) is 10.3. The second kappa shape index (κ2) is 8.81. The van der Waals surface area contributed by atoms with Gasteiger partial charge in [-0.1, -0.05) is 37.6 Å². The molecule has 3 aromatic rings. The molecule has 0 radical (unpaired) electrons. The molecule has 0 fully saturated rings. The van der Waals surface area contributed by atoms with Gasteiger partial charge in [0.2, 0.25) is 0 Å². The fraction of sp³-hybridized carbons (Fsp3) is 0.182. The lowest BCUT2D eigenvalue weighted by molar-refractivity contribution is 0.102. The Balaban J connectivity index is 1.69. The number of amides is 1. The Kier molecular flexibility index (Phi) is 5.99. The number of aromatic nitrogens is 1. The fourth-order valence-electron chi connectivity index (χ4n) is 2.78. The molecule has 26 heavy (non-hydrogen) atoms. The average molecular weight is 345 g/mol. The highest BCUT2D eigenvalue weighted by Crippen LogP contribution is 2.19. The molecule has 0 bridgehead atoms. The standard InChI is InChI=1S/C22H23N3O/c1-2-5-17-8-10-19(11-9-17)25-22(26)20-6-3-4-7-21(20)24-16-18-12-14-23-15-13-18/h3-4,6-15,24H,2,5,16H2,1H3,(H,25,26). The highest BCUT2D eigenvalue weighted by atomic mass is 16.1. The van der Waals surface area contributed by atoms with Crippen molar-refractivity contribution >= 4 is 17.3 Å². The Hall–Kier alpha value is -3.14. The zero-order valence-corrected chi connectivity index (χ0v) is 14.9. The van der Waals surface area contributed by atoms with Crippen LogP contribution in [0.5, 0.6) is 0 Å². The van der Waals surface area contributed by atoms with Gasteiger partial charge in [0.15, 0.2) is 0 Å². The summed E-state index contributed by atoms with van der Waals surface area (Å²) in [7, 11) is 0. The van der Waals surface area contributed by atoms with Crippen LogP contribution in [0.2, 0.25) is 0 Å². The third-order valence-corrected chi connectivity index (χ3v) is 4.15. The maximum Gasteiger partial charge on any atom is 0.257 e. The van der Waals surface area contributed by atoms with Crippen molar-refractivity contribution in [2.45, 2.75) is 26.3 Å². The van der Waals surface area contributed by atoms with Crippen LogP contribution in [0.3, 0.4) is 0 Å². The molecular formula is C22H23N3O. The summed E-state index contributed by atoms with van der Waals surface area (Å²) >= 11 is 0. The lowest BCUT2D eigenvalue weighted by atomic mass is 10.1. The Morgan fingerprint density at radius 2 is 1.65 bits per heavy atom. The van der Waals surface area contributed by atoms with E-state index in [2.05, 4.69) is 34.7 Å². The SMILES string of the molecule is CCCc1ccc(NC(=O)c2ccccc2NCc2ccncc2)cc1. The summed E-state index contributed by atoms with van der Waals surface area (Å²) in [6.07, 6.45) is 5.69. The van der Waals surface area contributed by atoms with Crippen molar-refractivity contribution in [1.82, 2.24) is 4.98 Å². The van der Waals surface area contributed by atoms with Crippen LogP contribution in [0.4, 0.5) is 11.4 Å². The monoisotopic (exact) mass is 345 g/mol. The maximum absolute atomic E-state index is 12.7. The molecule has 1 heterocycles. The molecule has 3 rings (SSSR count). The number of nitrogens with zero attached hydrogens (tertiary/aromatic N) is 1. The van der Waals surface area contributed by atoms with Crippen LogP contribution in [0.15, 0.2) is 73.1 Å². The molecule has 0 aliphatic rings. The summed E-state index contributed by atoms with van der Waals surface area (Å²) in [4.78, 5) is 16.7. The van der Waals surface area contributed by atoms with Gasteiger partial charge >= 0.3 is 0 Å². The number of aryl methyl sites for hydroxylation is 1. The van der Waals surface area contributed by atoms with E-state index in [4.69, 9.17) is 0 Å². The van der Waals surface area contributed by atoms with E-state index < -0.39 is 0 Å². The van der Waals surface area contributed by atoms with Crippen molar-refractivity contribution in [1.29, 1.82) is 0 Å². The van der Waals surface area contributed by atoms with Gasteiger partial charge in [0.1, 0.15) is 0 Å². The first-order valence-electron chi connectivity index (χ1n) is 8.88. The molecule has 2 aromatic carbocycles. The second-order valence-corrected chi connectivity index (χ2v) is 6.16. The van der Waals surface area contributed by atoms with E-state index >= 15 is 0 Å². The van der Waals surface area contributed by atoms with Gasteiger partial charge in [-0.2, -0.15) is 0 Å². The number of hydrogen-bond donors (Lipinski definition) is 2. The number of pyridine rings is 1. The second-order valence-electron chi connectivity index (χ2n) is 6.16. The van der Waals surface area contributed by atoms with Gasteiger partial charge in [0.25, 0.3) is 5.91 Å². The quantitative estimate of drug-likeness (QED) is 0.640. The van der Waals surface area contributed by atoms with Gasteiger partial charge in [0, 0.05) is 30.3 Å². The Labute approximate surface area is 154 Å². The average Bonchev–Trinajstić information content (AvgIpc) is 2.69.